The lowest BCUT2D eigenvalue weighted by molar-refractivity contribution is -0.140. The summed E-state index contributed by atoms with van der Waals surface area (Å²) in [5.74, 6) is 1.48. The van der Waals surface area contributed by atoms with Gasteiger partial charge < -0.3 is 19.4 Å². The average Bonchev–Trinajstić information content (AvgIpc) is 2.83. The van der Waals surface area contributed by atoms with Crippen molar-refractivity contribution in [2.75, 3.05) is 51.3 Å². The third-order valence-corrected chi connectivity index (χ3v) is 5.30. The molecule has 1 aromatic carbocycles. The van der Waals surface area contributed by atoms with Crippen molar-refractivity contribution >= 4 is 17.6 Å². The smallest absolute Gasteiger partial charge is 0.242 e. The first-order chi connectivity index (χ1) is 15.0. The number of piperazine rings is 1. The van der Waals surface area contributed by atoms with Crippen LogP contribution >= 0.6 is 0 Å². The predicted octanol–water partition coefficient (Wildman–Crippen LogP) is 2.23. The van der Waals surface area contributed by atoms with Gasteiger partial charge in [0.25, 0.3) is 0 Å². The summed E-state index contributed by atoms with van der Waals surface area (Å²) < 4.78 is 5.27. The van der Waals surface area contributed by atoms with Crippen LogP contribution in [0.5, 0.6) is 5.75 Å². The number of hydrogen-bond acceptors (Lipinski definition) is 6. The van der Waals surface area contributed by atoms with Gasteiger partial charge in [0.1, 0.15) is 12.3 Å². The van der Waals surface area contributed by atoms with Crippen LogP contribution in [0.25, 0.3) is 11.3 Å². The van der Waals surface area contributed by atoms with Crippen LogP contribution in [0.2, 0.25) is 0 Å². The van der Waals surface area contributed by atoms with Crippen molar-refractivity contribution in [3.8, 4) is 17.0 Å². The van der Waals surface area contributed by atoms with Gasteiger partial charge in [-0.2, -0.15) is 0 Å². The van der Waals surface area contributed by atoms with Crippen molar-refractivity contribution < 1.29 is 14.3 Å². The normalized spacial score (nSPS) is 13.6. The third kappa shape index (κ3) is 5.59. The molecule has 31 heavy (non-hydrogen) atoms. The van der Waals surface area contributed by atoms with Gasteiger partial charge in [-0.1, -0.05) is 25.1 Å². The minimum Gasteiger partial charge on any atom is -0.497 e. The lowest BCUT2D eigenvalue weighted by Gasteiger charge is -2.36. The monoisotopic (exact) mass is 423 g/mol. The molecule has 1 aliphatic rings. The Labute approximate surface area is 183 Å². The Morgan fingerprint density at radius 3 is 2.55 bits per heavy atom. The fourth-order valence-corrected chi connectivity index (χ4v) is 3.51. The molecule has 0 spiro atoms. The van der Waals surface area contributed by atoms with Gasteiger partial charge >= 0.3 is 0 Å². The molecule has 1 fully saturated rings. The highest BCUT2D eigenvalue weighted by Crippen LogP contribution is 2.23. The number of aromatic nitrogens is 2. The van der Waals surface area contributed by atoms with E-state index in [2.05, 4.69) is 21.7 Å². The number of rotatable bonds is 8. The van der Waals surface area contributed by atoms with Gasteiger partial charge in [0.15, 0.2) is 5.82 Å². The molecular weight excluding hydrogens is 394 g/mol. The van der Waals surface area contributed by atoms with E-state index in [0.29, 0.717) is 39.1 Å². The number of methoxy groups -OCH3 is 1. The molecule has 2 amide bonds. The first kappa shape index (κ1) is 22.3. The zero-order valence-corrected chi connectivity index (χ0v) is 18.2. The summed E-state index contributed by atoms with van der Waals surface area (Å²) in [6.07, 6.45) is 2.02. The van der Waals surface area contributed by atoms with E-state index in [1.165, 1.54) is 0 Å². The van der Waals surface area contributed by atoms with Gasteiger partial charge in [0.2, 0.25) is 11.8 Å². The van der Waals surface area contributed by atoms with Crippen molar-refractivity contribution in [2.45, 2.75) is 13.3 Å². The first-order valence-electron chi connectivity index (χ1n) is 10.4. The lowest BCUT2D eigenvalue weighted by Crippen LogP contribution is -2.52. The lowest BCUT2D eigenvalue weighted by atomic mass is 10.1. The van der Waals surface area contributed by atoms with Gasteiger partial charge in [0.05, 0.1) is 12.8 Å². The number of carbonyl (C=O) groups is 2. The van der Waals surface area contributed by atoms with E-state index < -0.39 is 0 Å². The Morgan fingerprint density at radius 1 is 1.16 bits per heavy atom. The zero-order chi connectivity index (χ0) is 22.2. The molecule has 3 rings (SSSR count). The number of nitrogens with zero attached hydrogens (tertiary/aromatic N) is 5. The number of ether oxygens (including phenoxy) is 1. The second kappa shape index (κ2) is 10.6. The second-order valence-electron chi connectivity index (χ2n) is 7.29. The number of carbonyl (C=O) groups excluding carboxylic acids is 2. The van der Waals surface area contributed by atoms with E-state index in [9.17, 15) is 9.59 Å². The van der Waals surface area contributed by atoms with E-state index >= 15 is 0 Å². The molecule has 2 heterocycles. The minimum atomic E-state index is -0.0433. The second-order valence-corrected chi connectivity index (χ2v) is 7.29. The van der Waals surface area contributed by atoms with Crippen LogP contribution < -0.4 is 9.64 Å². The number of benzene rings is 1. The maximum Gasteiger partial charge on any atom is 0.242 e. The van der Waals surface area contributed by atoms with Gasteiger partial charge in [-0.25, -0.2) is 0 Å². The first-order valence-corrected chi connectivity index (χ1v) is 10.4. The molecule has 0 bridgehead atoms. The molecule has 0 aliphatic carbocycles. The Kier molecular flexibility index (Phi) is 7.59. The van der Waals surface area contributed by atoms with Crippen molar-refractivity contribution in [3.05, 3.63) is 49.1 Å². The van der Waals surface area contributed by atoms with E-state index in [0.717, 1.165) is 22.8 Å². The van der Waals surface area contributed by atoms with Crippen molar-refractivity contribution in [3.63, 3.8) is 0 Å². The number of hydrogen-bond donors (Lipinski definition) is 0. The molecule has 0 saturated carbocycles. The quantitative estimate of drug-likeness (QED) is 0.606. The molecule has 1 aromatic heterocycles. The van der Waals surface area contributed by atoms with Crippen LogP contribution in [0.3, 0.4) is 0 Å². The molecular formula is C23H29N5O3. The SMILES string of the molecule is C=CCN(CC(=O)N1CCN(c2ccc(-c3cccc(OC)c3)nn2)CC1)C(=O)CC. The van der Waals surface area contributed by atoms with Crippen LogP contribution in [-0.4, -0.2) is 78.2 Å². The maximum absolute atomic E-state index is 12.6. The highest BCUT2D eigenvalue weighted by molar-refractivity contribution is 5.85. The van der Waals surface area contributed by atoms with Crippen LogP contribution in [0.15, 0.2) is 49.1 Å². The molecule has 8 heteroatoms. The third-order valence-electron chi connectivity index (χ3n) is 5.30. The van der Waals surface area contributed by atoms with Crippen LogP contribution in [-0.2, 0) is 9.59 Å². The molecule has 0 atom stereocenters. The Morgan fingerprint density at radius 2 is 1.94 bits per heavy atom. The Hall–Kier alpha value is -3.42. The molecule has 1 aliphatic heterocycles. The predicted molar refractivity (Wildman–Crippen MR) is 120 cm³/mol. The van der Waals surface area contributed by atoms with Crippen LogP contribution in [0.4, 0.5) is 5.82 Å². The minimum absolute atomic E-state index is 0.0391. The fourth-order valence-electron chi connectivity index (χ4n) is 3.51. The van der Waals surface area contributed by atoms with E-state index in [4.69, 9.17) is 4.74 Å². The topological polar surface area (TPSA) is 78.9 Å². The summed E-state index contributed by atoms with van der Waals surface area (Å²) in [7, 11) is 1.64. The van der Waals surface area contributed by atoms with Crippen molar-refractivity contribution in [2.24, 2.45) is 0 Å². The number of anilines is 1. The fraction of sp³-hybridized carbons (Fsp3) is 0.391. The molecule has 164 valence electrons. The van der Waals surface area contributed by atoms with Gasteiger partial charge in [-0.3, -0.25) is 9.59 Å². The van der Waals surface area contributed by atoms with Gasteiger partial charge in [-0.15, -0.1) is 16.8 Å². The Balaban J connectivity index is 1.57. The standard InChI is InChI=1S/C23H29N5O3/c1-4-11-28(22(29)5-2)17-23(30)27-14-12-26(13-15-27)21-10-9-20(24-25-21)18-7-6-8-19(16-18)31-3/h4,6-10,16H,1,5,11-15,17H2,2-3H3. The van der Waals surface area contributed by atoms with Crippen LogP contribution in [0.1, 0.15) is 13.3 Å². The van der Waals surface area contributed by atoms with Crippen LogP contribution in [0, 0.1) is 0 Å². The molecule has 0 N–H and O–H groups in total. The highest BCUT2D eigenvalue weighted by Gasteiger charge is 2.24. The largest absolute Gasteiger partial charge is 0.497 e. The van der Waals surface area contributed by atoms with Crippen molar-refractivity contribution in [1.82, 2.24) is 20.0 Å². The van der Waals surface area contributed by atoms with E-state index in [1.54, 1.807) is 29.9 Å². The van der Waals surface area contributed by atoms with Gasteiger partial charge in [0, 0.05) is 44.7 Å². The van der Waals surface area contributed by atoms with E-state index in [-0.39, 0.29) is 18.4 Å². The summed E-state index contributed by atoms with van der Waals surface area (Å²) in [5, 5.41) is 8.74. The molecule has 0 unspecified atom stereocenters. The maximum atomic E-state index is 12.6. The van der Waals surface area contributed by atoms with Crippen molar-refractivity contribution in [1.29, 1.82) is 0 Å². The summed E-state index contributed by atoms with van der Waals surface area (Å²) >= 11 is 0. The average molecular weight is 424 g/mol. The number of amides is 2. The summed E-state index contributed by atoms with van der Waals surface area (Å²) in [6.45, 7) is 8.44. The van der Waals surface area contributed by atoms with Gasteiger partial charge in [-0.05, 0) is 24.3 Å². The molecule has 0 radical (unpaired) electrons. The molecule has 1 saturated heterocycles. The molecule has 8 nitrogen and oxygen atoms in total. The highest BCUT2D eigenvalue weighted by atomic mass is 16.5. The van der Waals surface area contributed by atoms with E-state index in [1.807, 2.05) is 36.4 Å². The summed E-state index contributed by atoms with van der Waals surface area (Å²) in [4.78, 5) is 30.1. The molecule has 2 aromatic rings. The summed E-state index contributed by atoms with van der Waals surface area (Å²) in [5.41, 5.74) is 1.72. The zero-order valence-electron chi connectivity index (χ0n) is 18.2. The Bertz CT molecular complexity index is 908. The summed E-state index contributed by atoms with van der Waals surface area (Å²) in [6, 6.07) is 11.6.